The second kappa shape index (κ2) is 12.6. The Hall–Kier alpha value is -2.87. The third kappa shape index (κ3) is 8.48. The second-order valence-electron chi connectivity index (χ2n) is 9.10. The van der Waals surface area contributed by atoms with Crippen LogP contribution in [0.1, 0.15) is 44.7 Å². The fourth-order valence-corrected chi connectivity index (χ4v) is 4.61. The molecule has 2 amide bonds. The molecule has 1 N–H and O–H groups in total. The summed E-state index contributed by atoms with van der Waals surface area (Å²) in [5.74, 6) is -0.0796. The largest absolute Gasteiger partial charge is 0.354 e. The summed E-state index contributed by atoms with van der Waals surface area (Å²) in [5.41, 5.74) is 2.59. The van der Waals surface area contributed by atoms with Crippen LogP contribution in [0, 0.1) is 12.8 Å². The van der Waals surface area contributed by atoms with Crippen molar-refractivity contribution in [3.63, 3.8) is 0 Å². The molecule has 34 heavy (non-hydrogen) atoms. The molecule has 0 aliphatic heterocycles. The molecule has 0 saturated heterocycles. The molecule has 2 aromatic carbocycles. The fourth-order valence-electron chi connectivity index (χ4n) is 3.64. The molecule has 1 unspecified atom stereocenters. The molecule has 2 aromatic rings. The first kappa shape index (κ1) is 27.4. The van der Waals surface area contributed by atoms with Gasteiger partial charge in [-0.25, -0.2) is 8.42 Å². The van der Waals surface area contributed by atoms with Gasteiger partial charge in [0.1, 0.15) is 6.04 Å². The number of para-hydroxylation sites is 1. The Bertz CT molecular complexity index is 1050. The van der Waals surface area contributed by atoms with E-state index in [1.165, 1.54) is 4.31 Å². The maximum atomic E-state index is 13.3. The number of hydrogen-bond acceptors (Lipinski definition) is 4. The predicted molar refractivity (Wildman–Crippen MR) is 137 cm³/mol. The molecule has 0 radical (unpaired) electrons. The molecule has 0 aliphatic rings. The number of nitrogens with one attached hydrogen (secondary N) is 1. The zero-order chi connectivity index (χ0) is 25.3. The molecule has 0 saturated carbocycles. The number of rotatable bonds is 12. The third-order valence-electron chi connectivity index (χ3n) is 5.48. The summed E-state index contributed by atoms with van der Waals surface area (Å²) >= 11 is 0. The van der Waals surface area contributed by atoms with Crippen LogP contribution in [0.25, 0.3) is 0 Å². The number of benzene rings is 2. The van der Waals surface area contributed by atoms with Gasteiger partial charge in [-0.2, -0.15) is 0 Å². The van der Waals surface area contributed by atoms with Gasteiger partial charge in [-0.05, 0) is 43.9 Å². The lowest BCUT2D eigenvalue weighted by atomic mass is 10.1. The summed E-state index contributed by atoms with van der Waals surface area (Å²) in [6, 6.07) is 16.0. The van der Waals surface area contributed by atoms with E-state index in [2.05, 4.69) is 5.32 Å². The van der Waals surface area contributed by atoms with Gasteiger partial charge in [-0.1, -0.05) is 61.9 Å². The van der Waals surface area contributed by atoms with Crippen LogP contribution in [0.15, 0.2) is 54.6 Å². The van der Waals surface area contributed by atoms with Gasteiger partial charge in [0, 0.05) is 26.1 Å². The van der Waals surface area contributed by atoms with E-state index in [1.807, 2.05) is 51.1 Å². The van der Waals surface area contributed by atoms with Crippen molar-refractivity contribution in [3.8, 4) is 0 Å². The molecule has 186 valence electrons. The van der Waals surface area contributed by atoms with Crippen molar-refractivity contribution >= 4 is 27.5 Å². The summed E-state index contributed by atoms with van der Waals surface area (Å²) in [7, 11) is -3.49. The molecule has 0 aliphatic carbocycles. The van der Waals surface area contributed by atoms with E-state index in [4.69, 9.17) is 0 Å². The van der Waals surface area contributed by atoms with Crippen molar-refractivity contribution in [1.29, 1.82) is 0 Å². The molecular weight excluding hydrogens is 450 g/mol. The molecule has 8 heteroatoms. The average molecular weight is 488 g/mol. The van der Waals surface area contributed by atoms with Gasteiger partial charge in [-0.3, -0.25) is 13.9 Å². The van der Waals surface area contributed by atoms with Crippen LogP contribution in [0.2, 0.25) is 0 Å². The number of hydrogen-bond donors (Lipinski definition) is 1. The Kier molecular flexibility index (Phi) is 10.1. The van der Waals surface area contributed by atoms with Crippen molar-refractivity contribution in [1.82, 2.24) is 10.2 Å². The first-order valence-corrected chi connectivity index (χ1v) is 13.5. The molecular formula is C26H37N3O4S. The highest BCUT2D eigenvalue weighted by atomic mass is 32.2. The van der Waals surface area contributed by atoms with Crippen molar-refractivity contribution < 1.29 is 18.0 Å². The standard InChI is InChI=1S/C26H37N3O4S/c1-20(2)18-27-26(31)22(4)28(19-23-12-9-11-21(3)17-23)25(30)15-10-16-29(34(5,32)33)24-13-7-6-8-14-24/h6-9,11-14,17,20,22H,10,15-16,18-19H2,1-5H3,(H,27,31). The summed E-state index contributed by atoms with van der Waals surface area (Å²) in [6.45, 7) is 8.78. The van der Waals surface area contributed by atoms with Gasteiger partial charge >= 0.3 is 0 Å². The lowest BCUT2D eigenvalue weighted by Crippen LogP contribution is -2.48. The maximum Gasteiger partial charge on any atom is 0.242 e. The van der Waals surface area contributed by atoms with E-state index in [-0.39, 0.29) is 24.8 Å². The van der Waals surface area contributed by atoms with Crippen LogP contribution in [-0.4, -0.2) is 50.5 Å². The first-order valence-electron chi connectivity index (χ1n) is 11.6. The van der Waals surface area contributed by atoms with Crippen LogP contribution >= 0.6 is 0 Å². The highest BCUT2D eigenvalue weighted by Gasteiger charge is 2.26. The molecule has 0 spiro atoms. The van der Waals surface area contributed by atoms with Crippen molar-refractivity contribution in [3.05, 3.63) is 65.7 Å². The molecule has 0 heterocycles. The number of carbonyl (C=O) groups is 2. The van der Waals surface area contributed by atoms with Crippen LogP contribution < -0.4 is 9.62 Å². The molecule has 1 atom stereocenters. The number of nitrogens with zero attached hydrogens (tertiary/aromatic N) is 2. The Balaban J connectivity index is 2.14. The minimum atomic E-state index is -3.49. The second-order valence-corrected chi connectivity index (χ2v) is 11.0. The van der Waals surface area contributed by atoms with Gasteiger partial charge in [0.25, 0.3) is 0 Å². The fraction of sp³-hybridized carbons (Fsp3) is 0.462. The van der Waals surface area contributed by atoms with Gasteiger partial charge in [0.05, 0.1) is 11.9 Å². The number of aryl methyl sites for hydroxylation is 1. The van der Waals surface area contributed by atoms with Crippen LogP contribution in [0.3, 0.4) is 0 Å². The van der Waals surface area contributed by atoms with Gasteiger partial charge < -0.3 is 10.2 Å². The van der Waals surface area contributed by atoms with Gasteiger partial charge in [-0.15, -0.1) is 0 Å². The minimum absolute atomic E-state index is 0.131. The first-order chi connectivity index (χ1) is 16.0. The van der Waals surface area contributed by atoms with Gasteiger partial charge in [0.15, 0.2) is 0 Å². The Labute approximate surface area is 204 Å². The lowest BCUT2D eigenvalue weighted by molar-refractivity contribution is -0.140. The molecule has 7 nitrogen and oxygen atoms in total. The molecule has 0 aromatic heterocycles. The minimum Gasteiger partial charge on any atom is -0.354 e. The van der Waals surface area contributed by atoms with Crippen molar-refractivity contribution in [2.24, 2.45) is 5.92 Å². The van der Waals surface area contributed by atoms with E-state index in [0.29, 0.717) is 31.1 Å². The SMILES string of the molecule is Cc1cccc(CN(C(=O)CCCN(c2ccccc2)S(C)(=O)=O)C(C)C(=O)NCC(C)C)c1. The highest BCUT2D eigenvalue weighted by molar-refractivity contribution is 7.92. The topological polar surface area (TPSA) is 86.8 Å². The van der Waals surface area contributed by atoms with E-state index < -0.39 is 16.1 Å². The lowest BCUT2D eigenvalue weighted by Gasteiger charge is -2.29. The smallest absolute Gasteiger partial charge is 0.242 e. The maximum absolute atomic E-state index is 13.3. The van der Waals surface area contributed by atoms with E-state index in [9.17, 15) is 18.0 Å². The highest BCUT2D eigenvalue weighted by Crippen LogP contribution is 2.19. The number of sulfonamides is 1. The molecule has 2 rings (SSSR count). The van der Waals surface area contributed by atoms with Crippen LogP contribution in [0.5, 0.6) is 0 Å². The van der Waals surface area contributed by atoms with E-state index in [0.717, 1.165) is 17.4 Å². The molecule has 0 fully saturated rings. The quantitative estimate of drug-likeness (QED) is 0.494. The Morgan fingerprint density at radius 1 is 1.00 bits per heavy atom. The normalized spacial score (nSPS) is 12.3. The van der Waals surface area contributed by atoms with Crippen molar-refractivity contribution in [2.75, 3.05) is 23.7 Å². The third-order valence-corrected chi connectivity index (χ3v) is 6.68. The summed E-state index contributed by atoms with van der Waals surface area (Å²) < 4.78 is 25.9. The van der Waals surface area contributed by atoms with E-state index in [1.54, 1.807) is 36.1 Å². The van der Waals surface area contributed by atoms with E-state index >= 15 is 0 Å². The Morgan fingerprint density at radius 2 is 1.68 bits per heavy atom. The number of amides is 2. The monoisotopic (exact) mass is 487 g/mol. The zero-order valence-corrected chi connectivity index (χ0v) is 21.6. The number of carbonyl (C=O) groups excluding carboxylic acids is 2. The average Bonchev–Trinajstić information content (AvgIpc) is 2.77. The van der Waals surface area contributed by atoms with Gasteiger partial charge in [0.2, 0.25) is 21.8 Å². The summed E-state index contributed by atoms with van der Waals surface area (Å²) in [6.07, 6.45) is 1.63. The van der Waals surface area contributed by atoms with Crippen LogP contribution in [-0.2, 0) is 26.2 Å². The predicted octanol–water partition coefficient (Wildman–Crippen LogP) is 3.73. The Morgan fingerprint density at radius 3 is 2.26 bits per heavy atom. The summed E-state index contributed by atoms with van der Waals surface area (Å²) in [5, 5.41) is 2.91. The van der Waals surface area contributed by atoms with Crippen LogP contribution in [0.4, 0.5) is 5.69 Å². The van der Waals surface area contributed by atoms with Crippen molar-refractivity contribution in [2.45, 2.75) is 53.1 Å². The molecule has 0 bridgehead atoms. The zero-order valence-electron chi connectivity index (χ0n) is 20.8. The number of anilines is 1. The summed E-state index contributed by atoms with van der Waals surface area (Å²) in [4.78, 5) is 27.6.